The van der Waals surface area contributed by atoms with Gasteiger partial charge in [-0.3, -0.25) is 0 Å². The maximum atomic E-state index is 12.2. The number of halogens is 2. The van der Waals surface area contributed by atoms with Crippen molar-refractivity contribution in [1.82, 2.24) is 0 Å². The minimum atomic E-state index is -0.447. The van der Waals surface area contributed by atoms with Gasteiger partial charge in [0.2, 0.25) is 0 Å². The fourth-order valence-electron chi connectivity index (χ4n) is 2.70. The van der Waals surface area contributed by atoms with Crippen LogP contribution in [0.15, 0.2) is 57.5 Å². The van der Waals surface area contributed by atoms with Crippen molar-refractivity contribution in [3.63, 3.8) is 0 Å². The Labute approximate surface area is 163 Å². The third kappa shape index (κ3) is 4.05. The Kier molecular flexibility index (Phi) is 5.45. The van der Waals surface area contributed by atoms with E-state index in [1.54, 1.807) is 6.07 Å². The number of ether oxygens (including phenoxy) is 2. The summed E-state index contributed by atoms with van der Waals surface area (Å²) in [7, 11) is 0. The SMILES string of the molecule is Cc1cc(Br)cc(C)c1OCC(=O)Oc1ccc2ccccc2c1Br. The van der Waals surface area contributed by atoms with Crippen molar-refractivity contribution in [2.24, 2.45) is 0 Å². The molecule has 0 saturated carbocycles. The van der Waals surface area contributed by atoms with Crippen LogP contribution in [-0.4, -0.2) is 12.6 Å². The smallest absolute Gasteiger partial charge is 0.349 e. The number of esters is 1. The minimum absolute atomic E-state index is 0.150. The number of carbonyl (C=O) groups is 1. The molecule has 0 N–H and O–H groups in total. The van der Waals surface area contributed by atoms with Gasteiger partial charge in [0.25, 0.3) is 0 Å². The first-order valence-corrected chi connectivity index (χ1v) is 9.32. The van der Waals surface area contributed by atoms with Crippen molar-refractivity contribution in [1.29, 1.82) is 0 Å². The zero-order chi connectivity index (χ0) is 18.0. The van der Waals surface area contributed by atoms with Gasteiger partial charge in [0.1, 0.15) is 11.5 Å². The topological polar surface area (TPSA) is 35.5 Å². The summed E-state index contributed by atoms with van der Waals surface area (Å²) in [4.78, 5) is 12.2. The molecule has 0 bridgehead atoms. The van der Waals surface area contributed by atoms with Gasteiger partial charge in [-0.1, -0.05) is 46.3 Å². The Balaban J connectivity index is 1.72. The molecule has 25 heavy (non-hydrogen) atoms. The number of fused-ring (bicyclic) bond motifs is 1. The lowest BCUT2D eigenvalue weighted by atomic mass is 10.1. The number of aryl methyl sites for hydroxylation is 2. The molecule has 128 valence electrons. The standard InChI is InChI=1S/C20H16Br2O3/c1-12-9-15(21)10-13(2)20(12)24-11-18(23)25-17-8-7-14-5-3-4-6-16(14)19(17)22/h3-10H,11H2,1-2H3. The first-order valence-electron chi connectivity index (χ1n) is 7.73. The average Bonchev–Trinajstić information content (AvgIpc) is 2.56. The maximum absolute atomic E-state index is 12.2. The van der Waals surface area contributed by atoms with E-state index in [0.717, 1.165) is 30.8 Å². The Bertz CT molecular complexity index is 928. The molecule has 3 nitrogen and oxygen atoms in total. The van der Waals surface area contributed by atoms with Crippen molar-refractivity contribution < 1.29 is 14.3 Å². The summed E-state index contributed by atoms with van der Waals surface area (Å²) in [6, 6.07) is 15.5. The van der Waals surface area contributed by atoms with E-state index >= 15 is 0 Å². The Morgan fingerprint density at radius 2 is 1.68 bits per heavy atom. The fourth-order valence-corrected chi connectivity index (χ4v) is 3.96. The minimum Gasteiger partial charge on any atom is -0.481 e. The largest absolute Gasteiger partial charge is 0.481 e. The van der Waals surface area contributed by atoms with Crippen LogP contribution in [0.4, 0.5) is 0 Å². The van der Waals surface area contributed by atoms with Gasteiger partial charge in [-0.25, -0.2) is 4.79 Å². The van der Waals surface area contributed by atoms with Gasteiger partial charge in [-0.15, -0.1) is 0 Å². The second-order valence-corrected chi connectivity index (χ2v) is 7.44. The van der Waals surface area contributed by atoms with Crippen molar-refractivity contribution in [2.45, 2.75) is 13.8 Å². The maximum Gasteiger partial charge on any atom is 0.349 e. The van der Waals surface area contributed by atoms with Crippen LogP contribution in [0.3, 0.4) is 0 Å². The molecule has 0 aromatic heterocycles. The molecule has 0 spiro atoms. The van der Waals surface area contributed by atoms with Crippen LogP contribution in [0, 0.1) is 13.8 Å². The monoisotopic (exact) mass is 462 g/mol. The third-order valence-corrected chi connectivity index (χ3v) is 5.09. The summed E-state index contributed by atoms with van der Waals surface area (Å²) < 4.78 is 12.9. The Morgan fingerprint density at radius 1 is 1.00 bits per heavy atom. The quantitative estimate of drug-likeness (QED) is 0.353. The molecule has 0 amide bonds. The van der Waals surface area contributed by atoms with Gasteiger partial charge in [-0.2, -0.15) is 0 Å². The van der Waals surface area contributed by atoms with Gasteiger partial charge in [0.15, 0.2) is 6.61 Å². The highest BCUT2D eigenvalue weighted by Crippen LogP contribution is 2.33. The van der Waals surface area contributed by atoms with Crippen molar-refractivity contribution >= 4 is 48.6 Å². The van der Waals surface area contributed by atoms with Gasteiger partial charge < -0.3 is 9.47 Å². The summed E-state index contributed by atoms with van der Waals surface area (Å²) >= 11 is 6.96. The summed E-state index contributed by atoms with van der Waals surface area (Å²) in [5.41, 5.74) is 1.93. The highest BCUT2D eigenvalue weighted by atomic mass is 79.9. The van der Waals surface area contributed by atoms with Crippen molar-refractivity contribution in [3.05, 3.63) is 68.6 Å². The number of hydrogen-bond acceptors (Lipinski definition) is 3. The van der Waals surface area contributed by atoms with E-state index in [2.05, 4.69) is 31.9 Å². The van der Waals surface area contributed by atoms with Crippen LogP contribution in [0.2, 0.25) is 0 Å². The van der Waals surface area contributed by atoms with E-state index in [4.69, 9.17) is 9.47 Å². The van der Waals surface area contributed by atoms with Crippen LogP contribution in [0.1, 0.15) is 11.1 Å². The van der Waals surface area contributed by atoms with Gasteiger partial charge in [0.05, 0.1) is 4.47 Å². The zero-order valence-corrected chi connectivity index (χ0v) is 17.0. The molecule has 3 aromatic carbocycles. The van der Waals surface area contributed by atoms with Crippen LogP contribution in [0.25, 0.3) is 10.8 Å². The van der Waals surface area contributed by atoms with Crippen LogP contribution in [0.5, 0.6) is 11.5 Å². The summed E-state index contributed by atoms with van der Waals surface area (Å²) in [5.74, 6) is 0.743. The zero-order valence-electron chi connectivity index (χ0n) is 13.8. The molecule has 0 unspecified atom stereocenters. The highest BCUT2D eigenvalue weighted by Gasteiger charge is 2.13. The lowest BCUT2D eigenvalue weighted by Gasteiger charge is -2.13. The number of carbonyl (C=O) groups excluding carboxylic acids is 1. The molecule has 0 aliphatic rings. The molecule has 0 aliphatic carbocycles. The molecule has 0 radical (unpaired) electrons. The van der Waals surface area contributed by atoms with E-state index in [1.165, 1.54) is 0 Å². The predicted octanol–water partition coefficient (Wildman–Crippen LogP) is 5.97. The molecule has 3 aromatic rings. The molecule has 0 aliphatic heterocycles. The molecular formula is C20H16Br2O3. The summed E-state index contributed by atoms with van der Waals surface area (Å²) in [5, 5.41) is 2.07. The van der Waals surface area contributed by atoms with Crippen molar-refractivity contribution in [2.75, 3.05) is 6.61 Å². The molecule has 5 heteroatoms. The van der Waals surface area contributed by atoms with Gasteiger partial charge in [-0.05, 0) is 69.9 Å². The summed E-state index contributed by atoms with van der Waals surface area (Å²) in [6.45, 7) is 3.74. The Hall–Kier alpha value is -1.85. The van der Waals surface area contributed by atoms with Gasteiger partial charge >= 0.3 is 5.97 Å². The first kappa shape index (κ1) is 18.0. The first-order chi connectivity index (χ1) is 12.0. The lowest BCUT2D eigenvalue weighted by molar-refractivity contribution is -0.136. The number of benzene rings is 3. The molecule has 3 rings (SSSR count). The molecule has 0 saturated heterocycles. The van der Waals surface area contributed by atoms with E-state index in [9.17, 15) is 4.79 Å². The highest BCUT2D eigenvalue weighted by molar-refractivity contribution is 9.11. The van der Waals surface area contributed by atoms with E-state index in [1.807, 2.05) is 56.3 Å². The summed E-state index contributed by atoms with van der Waals surface area (Å²) in [6.07, 6.45) is 0. The predicted molar refractivity (Wildman–Crippen MR) is 106 cm³/mol. The molecular weight excluding hydrogens is 448 g/mol. The van der Waals surface area contributed by atoms with Crippen molar-refractivity contribution in [3.8, 4) is 11.5 Å². The molecule has 0 heterocycles. The van der Waals surface area contributed by atoms with E-state index in [-0.39, 0.29) is 6.61 Å². The number of hydrogen-bond donors (Lipinski definition) is 0. The molecule has 0 fully saturated rings. The second-order valence-electron chi connectivity index (χ2n) is 5.73. The van der Waals surface area contributed by atoms with E-state index < -0.39 is 5.97 Å². The van der Waals surface area contributed by atoms with Gasteiger partial charge in [0, 0.05) is 4.47 Å². The van der Waals surface area contributed by atoms with Crippen LogP contribution < -0.4 is 9.47 Å². The lowest BCUT2D eigenvalue weighted by Crippen LogP contribution is -2.18. The van der Waals surface area contributed by atoms with E-state index in [0.29, 0.717) is 11.5 Å². The molecule has 0 atom stereocenters. The Morgan fingerprint density at radius 3 is 2.40 bits per heavy atom. The third-order valence-electron chi connectivity index (χ3n) is 3.81. The van der Waals surface area contributed by atoms with Crippen LogP contribution in [-0.2, 0) is 4.79 Å². The van der Waals surface area contributed by atoms with Crippen LogP contribution >= 0.6 is 31.9 Å². The number of rotatable bonds is 4. The fraction of sp³-hybridized carbons (Fsp3) is 0.150. The average molecular weight is 464 g/mol. The normalized spacial score (nSPS) is 10.7. The second kappa shape index (κ2) is 7.58.